The highest BCUT2D eigenvalue weighted by molar-refractivity contribution is 5.97. The van der Waals surface area contributed by atoms with Gasteiger partial charge in [0.25, 0.3) is 5.91 Å². The largest absolute Gasteiger partial charge is 0.508 e. The van der Waals surface area contributed by atoms with E-state index in [1.807, 2.05) is 6.92 Å². The Morgan fingerprint density at radius 3 is 2.83 bits per heavy atom. The van der Waals surface area contributed by atoms with Crippen LogP contribution in [0.15, 0.2) is 18.2 Å². The van der Waals surface area contributed by atoms with E-state index < -0.39 is 5.91 Å². The van der Waals surface area contributed by atoms with Gasteiger partial charge in [-0.2, -0.15) is 0 Å². The zero-order valence-corrected chi connectivity index (χ0v) is 10.5. The van der Waals surface area contributed by atoms with Gasteiger partial charge in [-0.15, -0.1) is 0 Å². The Morgan fingerprint density at radius 2 is 2.11 bits per heavy atom. The number of carbonyl (C=O) groups excluding carboxylic acids is 1. The molecule has 5 heteroatoms. The minimum Gasteiger partial charge on any atom is -0.508 e. The summed E-state index contributed by atoms with van der Waals surface area (Å²) in [5.74, 6) is -0.601. The molecule has 0 heterocycles. The lowest BCUT2D eigenvalue weighted by Gasteiger charge is -2.07. The summed E-state index contributed by atoms with van der Waals surface area (Å²) >= 11 is 0. The van der Waals surface area contributed by atoms with Crippen LogP contribution in [0.5, 0.6) is 11.5 Å². The van der Waals surface area contributed by atoms with Gasteiger partial charge in [-0.3, -0.25) is 4.79 Å². The third-order valence-electron chi connectivity index (χ3n) is 2.32. The molecular weight excluding hydrogens is 234 g/mol. The number of phenols is 2. The summed E-state index contributed by atoms with van der Waals surface area (Å²) in [6, 6.07) is 3.84. The van der Waals surface area contributed by atoms with E-state index in [4.69, 9.17) is 4.74 Å². The van der Waals surface area contributed by atoms with Crippen molar-refractivity contribution in [3.8, 4) is 11.5 Å². The predicted molar refractivity (Wildman–Crippen MR) is 67.8 cm³/mol. The number of ether oxygens (including phenoxy) is 1. The van der Waals surface area contributed by atoms with Crippen molar-refractivity contribution in [1.29, 1.82) is 0 Å². The molecule has 1 aromatic rings. The number of aromatic hydroxyl groups is 2. The van der Waals surface area contributed by atoms with Crippen LogP contribution in [-0.2, 0) is 4.74 Å². The highest BCUT2D eigenvalue weighted by Crippen LogP contribution is 2.21. The quantitative estimate of drug-likeness (QED) is 0.510. The van der Waals surface area contributed by atoms with Gasteiger partial charge in [0, 0.05) is 19.8 Å². The van der Waals surface area contributed by atoms with Gasteiger partial charge in [0.2, 0.25) is 0 Å². The fraction of sp³-hybridized carbons (Fsp3) is 0.462. The van der Waals surface area contributed by atoms with Gasteiger partial charge in [-0.1, -0.05) is 6.92 Å². The van der Waals surface area contributed by atoms with Crippen molar-refractivity contribution >= 4 is 5.91 Å². The summed E-state index contributed by atoms with van der Waals surface area (Å²) in [6.45, 7) is 3.82. The van der Waals surface area contributed by atoms with Crippen molar-refractivity contribution in [1.82, 2.24) is 5.32 Å². The van der Waals surface area contributed by atoms with Crippen LogP contribution >= 0.6 is 0 Å². The minimum absolute atomic E-state index is 0.0516. The number of carbonyl (C=O) groups is 1. The second-order valence-corrected chi connectivity index (χ2v) is 3.92. The lowest BCUT2D eigenvalue weighted by atomic mass is 10.1. The number of hydrogen-bond donors (Lipinski definition) is 3. The van der Waals surface area contributed by atoms with Crippen molar-refractivity contribution in [2.75, 3.05) is 19.8 Å². The molecule has 1 rings (SSSR count). The van der Waals surface area contributed by atoms with Crippen LogP contribution < -0.4 is 5.32 Å². The fourth-order valence-corrected chi connectivity index (χ4v) is 1.42. The summed E-state index contributed by atoms with van der Waals surface area (Å²) < 4.78 is 5.27. The second kappa shape index (κ2) is 7.55. The molecule has 0 saturated heterocycles. The molecule has 0 radical (unpaired) electrons. The Bertz CT molecular complexity index is 393. The van der Waals surface area contributed by atoms with Gasteiger partial charge >= 0.3 is 0 Å². The Labute approximate surface area is 106 Å². The maximum atomic E-state index is 11.7. The van der Waals surface area contributed by atoms with Crippen LogP contribution in [0, 0.1) is 0 Å². The van der Waals surface area contributed by atoms with Crippen molar-refractivity contribution < 1.29 is 19.7 Å². The van der Waals surface area contributed by atoms with Crippen LogP contribution in [0.4, 0.5) is 0 Å². The molecule has 1 amide bonds. The highest BCUT2D eigenvalue weighted by Gasteiger charge is 2.10. The number of nitrogens with one attached hydrogen (secondary N) is 1. The first-order chi connectivity index (χ1) is 8.65. The van der Waals surface area contributed by atoms with Crippen LogP contribution in [0.2, 0.25) is 0 Å². The average molecular weight is 253 g/mol. The van der Waals surface area contributed by atoms with Crippen molar-refractivity contribution in [2.24, 2.45) is 0 Å². The first-order valence-corrected chi connectivity index (χ1v) is 6.03. The molecule has 0 fully saturated rings. The molecule has 0 spiro atoms. The van der Waals surface area contributed by atoms with E-state index in [1.54, 1.807) is 0 Å². The Balaban J connectivity index is 2.34. The SMILES string of the molecule is CCCOCCCNC(=O)c1cc(O)ccc1O. The van der Waals surface area contributed by atoms with E-state index >= 15 is 0 Å². The summed E-state index contributed by atoms with van der Waals surface area (Å²) in [5.41, 5.74) is 0.0736. The van der Waals surface area contributed by atoms with Crippen LogP contribution in [0.3, 0.4) is 0 Å². The maximum absolute atomic E-state index is 11.7. The molecular formula is C13H19NO4. The van der Waals surface area contributed by atoms with Gasteiger partial charge in [0.05, 0.1) is 5.56 Å². The van der Waals surface area contributed by atoms with E-state index in [1.165, 1.54) is 18.2 Å². The number of hydrogen-bond acceptors (Lipinski definition) is 4. The van der Waals surface area contributed by atoms with E-state index in [2.05, 4.69) is 5.32 Å². The third-order valence-corrected chi connectivity index (χ3v) is 2.32. The first kappa shape index (κ1) is 14.3. The maximum Gasteiger partial charge on any atom is 0.255 e. The monoisotopic (exact) mass is 253 g/mol. The summed E-state index contributed by atoms with van der Waals surface area (Å²) in [7, 11) is 0. The molecule has 100 valence electrons. The minimum atomic E-state index is -0.404. The Kier molecular flexibility index (Phi) is 6.00. The zero-order valence-electron chi connectivity index (χ0n) is 10.5. The van der Waals surface area contributed by atoms with E-state index in [0.717, 1.165) is 13.0 Å². The second-order valence-electron chi connectivity index (χ2n) is 3.92. The summed E-state index contributed by atoms with van der Waals surface area (Å²) in [5, 5.41) is 21.4. The molecule has 0 aromatic heterocycles. The van der Waals surface area contributed by atoms with Crippen LogP contribution in [-0.4, -0.2) is 35.9 Å². The third kappa shape index (κ3) is 4.63. The molecule has 3 N–H and O–H groups in total. The number of phenolic OH excluding ortho intramolecular Hbond substituents is 2. The van der Waals surface area contributed by atoms with Crippen LogP contribution in [0.1, 0.15) is 30.1 Å². The average Bonchev–Trinajstić information content (AvgIpc) is 2.36. The molecule has 0 bridgehead atoms. The molecule has 0 atom stereocenters. The standard InChI is InChI=1S/C13H19NO4/c1-2-7-18-8-3-6-14-13(17)11-9-10(15)4-5-12(11)16/h4-5,9,15-16H,2-3,6-8H2,1H3,(H,14,17). The smallest absolute Gasteiger partial charge is 0.255 e. The van der Waals surface area contributed by atoms with Gasteiger partial charge in [0.15, 0.2) is 0 Å². The lowest BCUT2D eigenvalue weighted by molar-refractivity contribution is 0.0938. The summed E-state index contributed by atoms with van der Waals surface area (Å²) in [4.78, 5) is 11.7. The van der Waals surface area contributed by atoms with Crippen molar-refractivity contribution in [2.45, 2.75) is 19.8 Å². The van der Waals surface area contributed by atoms with Crippen molar-refractivity contribution in [3.05, 3.63) is 23.8 Å². The van der Waals surface area contributed by atoms with Gasteiger partial charge in [-0.05, 0) is 31.0 Å². The van der Waals surface area contributed by atoms with Gasteiger partial charge in [-0.25, -0.2) is 0 Å². The Hall–Kier alpha value is -1.75. The van der Waals surface area contributed by atoms with Gasteiger partial charge < -0.3 is 20.3 Å². The molecule has 5 nitrogen and oxygen atoms in total. The van der Waals surface area contributed by atoms with Crippen molar-refractivity contribution in [3.63, 3.8) is 0 Å². The normalized spacial score (nSPS) is 10.3. The zero-order chi connectivity index (χ0) is 13.4. The first-order valence-electron chi connectivity index (χ1n) is 6.03. The fourth-order valence-electron chi connectivity index (χ4n) is 1.42. The molecule has 18 heavy (non-hydrogen) atoms. The molecule has 0 aliphatic heterocycles. The van der Waals surface area contributed by atoms with E-state index in [0.29, 0.717) is 19.6 Å². The summed E-state index contributed by atoms with van der Waals surface area (Å²) in [6.07, 6.45) is 1.69. The molecule has 1 aromatic carbocycles. The van der Waals surface area contributed by atoms with E-state index in [-0.39, 0.29) is 17.1 Å². The van der Waals surface area contributed by atoms with E-state index in [9.17, 15) is 15.0 Å². The number of benzene rings is 1. The molecule has 0 aliphatic carbocycles. The predicted octanol–water partition coefficient (Wildman–Crippen LogP) is 1.64. The van der Waals surface area contributed by atoms with Gasteiger partial charge in [0.1, 0.15) is 11.5 Å². The lowest BCUT2D eigenvalue weighted by Crippen LogP contribution is -2.25. The number of rotatable bonds is 7. The highest BCUT2D eigenvalue weighted by atomic mass is 16.5. The van der Waals surface area contributed by atoms with Crippen LogP contribution in [0.25, 0.3) is 0 Å². The molecule has 0 saturated carbocycles. The number of amides is 1. The molecule has 0 unspecified atom stereocenters. The Morgan fingerprint density at radius 1 is 1.33 bits per heavy atom. The molecule has 0 aliphatic rings. The topological polar surface area (TPSA) is 78.8 Å².